The third-order valence-electron chi connectivity index (χ3n) is 2.69. The van der Waals surface area contributed by atoms with Crippen molar-refractivity contribution in [2.75, 3.05) is 6.54 Å². The first-order valence-electron chi connectivity index (χ1n) is 6.44. The Balaban J connectivity index is 0. The molecule has 0 radical (unpaired) electrons. The fourth-order valence-corrected chi connectivity index (χ4v) is 1.65. The molecule has 2 amide bonds. The van der Waals surface area contributed by atoms with E-state index in [9.17, 15) is 19.2 Å². The minimum absolute atomic E-state index is 0. The van der Waals surface area contributed by atoms with Crippen LogP contribution in [0.15, 0.2) is 0 Å². The van der Waals surface area contributed by atoms with Gasteiger partial charge in [-0.15, -0.1) is 12.4 Å². The molecule has 23 heavy (non-hydrogen) atoms. The van der Waals surface area contributed by atoms with Crippen LogP contribution in [-0.2, 0) is 19.2 Å². The number of rotatable bonds is 9. The average Bonchev–Trinajstić information content (AvgIpc) is 2.37. The average molecular weight is 372 g/mol. The SMILES string of the molecule is CC(C)(S)[C@H](NC(=O)CC[C@H](N)C(=O)O)C(=O)NCC(=O)O.Cl. The molecule has 134 valence electrons. The molecule has 6 N–H and O–H groups in total. The summed E-state index contributed by atoms with van der Waals surface area (Å²) in [7, 11) is 0. The molecule has 0 fully saturated rings. The first-order valence-corrected chi connectivity index (χ1v) is 6.89. The molecule has 11 heteroatoms. The zero-order chi connectivity index (χ0) is 17.5. The molecule has 0 aliphatic carbocycles. The lowest BCUT2D eigenvalue weighted by Crippen LogP contribution is -2.56. The van der Waals surface area contributed by atoms with Gasteiger partial charge in [-0.25, -0.2) is 0 Å². The van der Waals surface area contributed by atoms with Crippen LogP contribution in [0.25, 0.3) is 0 Å². The van der Waals surface area contributed by atoms with Gasteiger partial charge in [0.2, 0.25) is 11.8 Å². The van der Waals surface area contributed by atoms with Crippen molar-refractivity contribution in [2.24, 2.45) is 5.73 Å². The van der Waals surface area contributed by atoms with E-state index in [1.807, 2.05) is 0 Å². The molecule has 0 heterocycles. The number of thiol groups is 1. The van der Waals surface area contributed by atoms with E-state index in [1.165, 1.54) is 0 Å². The van der Waals surface area contributed by atoms with Gasteiger partial charge in [-0.1, -0.05) is 0 Å². The number of nitrogens with two attached hydrogens (primary N) is 1. The van der Waals surface area contributed by atoms with Crippen molar-refractivity contribution in [3.63, 3.8) is 0 Å². The van der Waals surface area contributed by atoms with Crippen molar-refractivity contribution in [2.45, 2.75) is 43.5 Å². The van der Waals surface area contributed by atoms with Crippen LogP contribution in [0.5, 0.6) is 0 Å². The molecule has 9 nitrogen and oxygen atoms in total. The Morgan fingerprint density at radius 1 is 1.22 bits per heavy atom. The smallest absolute Gasteiger partial charge is 0.322 e. The Kier molecular flexibility index (Phi) is 10.6. The molecule has 0 aliphatic rings. The van der Waals surface area contributed by atoms with Crippen LogP contribution in [0.1, 0.15) is 26.7 Å². The van der Waals surface area contributed by atoms with Crippen LogP contribution in [0, 0.1) is 0 Å². The van der Waals surface area contributed by atoms with Gasteiger partial charge in [-0.05, 0) is 20.3 Å². The van der Waals surface area contributed by atoms with Gasteiger partial charge in [0.05, 0.1) is 0 Å². The number of aliphatic carboxylic acids is 2. The maximum absolute atomic E-state index is 11.9. The minimum Gasteiger partial charge on any atom is -0.480 e. The van der Waals surface area contributed by atoms with Gasteiger partial charge in [-0.2, -0.15) is 12.6 Å². The summed E-state index contributed by atoms with van der Waals surface area (Å²) in [5, 5.41) is 21.7. The van der Waals surface area contributed by atoms with Crippen LogP contribution < -0.4 is 16.4 Å². The van der Waals surface area contributed by atoms with Crippen LogP contribution in [-0.4, -0.2) is 57.3 Å². The van der Waals surface area contributed by atoms with E-state index in [1.54, 1.807) is 13.8 Å². The molecule has 2 atom stereocenters. The summed E-state index contributed by atoms with van der Waals surface area (Å²) in [5.74, 6) is -3.71. The predicted octanol–water partition coefficient (Wildman–Crippen LogP) is -1.01. The van der Waals surface area contributed by atoms with Crippen molar-refractivity contribution in [3.8, 4) is 0 Å². The zero-order valence-corrected chi connectivity index (χ0v) is 14.4. The minimum atomic E-state index is -1.22. The molecular weight excluding hydrogens is 350 g/mol. The topological polar surface area (TPSA) is 159 Å². The van der Waals surface area contributed by atoms with Crippen LogP contribution in [0.2, 0.25) is 0 Å². The molecule has 0 aromatic rings. The van der Waals surface area contributed by atoms with E-state index in [-0.39, 0.29) is 25.2 Å². The lowest BCUT2D eigenvalue weighted by molar-refractivity contribution is -0.139. The van der Waals surface area contributed by atoms with Gasteiger partial charge >= 0.3 is 11.9 Å². The van der Waals surface area contributed by atoms with Crippen LogP contribution in [0.3, 0.4) is 0 Å². The Morgan fingerprint density at radius 3 is 2.13 bits per heavy atom. The van der Waals surface area contributed by atoms with Crippen LogP contribution >= 0.6 is 25.0 Å². The van der Waals surface area contributed by atoms with E-state index >= 15 is 0 Å². The van der Waals surface area contributed by atoms with Crippen molar-refractivity contribution >= 4 is 48.8 Å². The maximum Gasteiger partial charge on any atom is 0.322 e. The molecule has 0 saturated heterocycles. The number of nitrogens with one attached hydrogen (secondary N) is 2. The summed E-state index contributed by atoms with van der Waals surface area (Å²) in [4.78, 5) is 44.7. The van der Waals surface area contributed by atoms with Gasteiger partial charge in [0.15, 0.2) is 0 Å². The Labute approximate surface area is 145 Å². The summed E-state index contributed by atoms with van der Waals surface area (Å²) >= 11 is 4.21. The molecular formula is C12H22ClN3O6S. The standard InChI is InChI=1S/C12H21N3O6S.ClH/c1-12(2,22)9(10(19)14-5-8(17)18)15-7(16)4-3-6(13)11(20)21;/h6,9,22H,3-5,13H2,1-2H3,(H,14,19)(H,15,16)(H,17,18)(H,20,21);1H/t6-,9+;/m0./s1. The highest BCUT2D eigenvalue weighted by atomic mass is 35.5. The second kappa shape index (κ2) is 10.3. The highest BCUT2D eigenvalue weighted by molar-refractivity contribution is 7.81. The molecule has 0 aliphatic heterocycles. The van der Waals surface area contributed by atoms with E-state index in [0.29, 0.717) is 0 Å². The Morgan fingerprint density at radius 2 is 1.74 bits per heavy atom. The van der Waals surface area contributed by atoms with Gasteiger partial charge < -0.3 is 26.6 Å². The number of amides is 2. The lowest BCUT2D eigenvalue weighted by atomic mass is 10.0. The molecule has 0 unspecified atom stereocenters. The monoisotopic (exact) mass is 371 g/mol. The molecule has 0 bridgehead atoms. The molecule has 0 aromatic carbocycles. The number of carboxylic acids is 2. The summed E-state index contributed by atoms with van der Waals surface area (Å²) in [5.41, 5.74) is 5.28. The predicted molar refractivity (Wildman–Crippen MR) is 87.7 cm³/mol. The number of hydrogen-bond acceptors (Lipinski definition) is 6. The van der Waals surface area contributed by atoms with E-state index < -0.39 is 47.1 Å². The quantitative estimate of drug-likeness (QED) is 0.283. The second-order valence-electron chi connectivity index (χ2n) is 5.25. The van der Waals surface area contributed by atoms with Crippen molar-refractivity contribution < 1.29 is 29.4 Å². The summed E-state index contributed by atoms with van der Waals surface area (Å²) in [6.07, 6.45) is -0.266. The van der Waals surface area contributed by atoms with Gasteiger partial charge in [-0.3, -0.25) is 19.2 Å². The van der Waals surface area contributed by atoms with Crippen LogP contribution in [0.4, 0.5) is 0 Å². The van der Waals surface area contributed by atoms with Gasteiger partial charge in [0.25, 0.3) is 0 Å². The van der Waals surface area contributed by atoms with Gasteiger partial charge in [0.1, 0.15) is 18.6 Å². The summed E-state index contributed by atoms with van der Waals surface area (Å²) in [6, 6.07) is -2.25. The molecule has 0 spiro atoms. The second-order valence-corrected chi connectivity index (χ2v) is 6.40. The summed E-state index contributed by atoms with van der Waals surface area (Å²) < 4.78 is -0.951. The number of carbonyl (C=O) groups excluding carboxylic acids is 2. The fraction of sp³-hybridized carbons (Fsp3) is 0.667. The normalized spacial score (nSPS) is 13.2. The molecule has 0 rings (SSSR count). The van der Waals surface area contributed by atoms with Gasteiger partial charge in [0, 0.05) is 11.2 Å². The summed E-state index contributed by atoms with van der Waals surface area (Å²) in [6.45, 7) is 2.56. The third kappa shape index (κ3) is 9.97. The first-order chi connectivity index (χ1) is 9.95. The van der Waals surface area contributed by atoms with Crippen molar-refractivity contribution in [3.05, 3.63) is 0 Å². The largest absolute Gasteiger partial charge is 0.480 e. The van der Waals surface area contributed by atoms with Crippen molar-refractivity contribution in [1.82, 2.24) is 10.6 Å². The number of carbonyl (C=O) groups is 4. The lowest BCUT2D eigenvalue weighted by Gasteiger charge is -2.29. The number of hydrogen-bond donors (Lipinski definition) is 6. The third-order valence-corrected chi connectivity index (χ3v) is 2.95. The molecule has 0 saturated carbocycles. The maximum atomic E-state index is 11.9. The van der Waals surface area contributed by atoms with E-state index in [4.69, 9.17) is 15.9 Å². The Hall–Kier alpha value is -1.52. The zero-order valence-electron chi connectivity index (χ0n) is 12.7. The van der Waals surface area contributed by atoms with E-state index in [0.717, 1.165) is 0 Å². The number of carboxylic acid groups (broad SMARTS) is 2. The molecule has 0 aromatic heterocycles. The highest BCUT2D eigenvalue weighted by Gasteiger charge is 2.33. The van der Waals surface area contributed by atoms with E-state index in [2.05, 4.69) is 23.3 Å². The van der Waals surface area contributed by atoms with Crippen molar-refractivity contribution in [1.29, 1.82) is 0 Å². The number of halogens is 1. The first kappa shape index (κ1) is 23.7. The fourth-order valence-electron chi connectivity index (χ4n) is 1.47. The highest BCUT2D eigenvalue weighted by Crippen LogP contribution is 2.18. The Bertz CT molecular complexity index is 455.